The summed E-state index contributed by atoms with van der Waals surface area (Å²) in [5.74, 6) is 0. The molecule has 0 aromatic heterocycles. The van der Waals surface area contributed by atoms with Crippen LogP contribution in [-0.2, 0) is 16.4 Å². The third kappa shape index (κ3) is 4.43. The fraction of sp³-hybridized carbons (Fsp3) is 0.600. The van der Waals surface area contributed by atoms with Crippen molar-refractivity contribution in [2.24, 2.45) is 0 Å². The standard InChI is InChI=1S/C15H25N3O2S/c1-12(8-10-18(2)3)17-21(19,20)14-7-6-13-5-4-9-16-15(13)11-14/h6-7,11-12,16-17H,4-5,8-10H2,1-3H3. The molecule has 5 nitrogen and oxygen atoms in total. The largest absolute Gasteiger partial charge is 0.385 e. The molecule has 0 bridgehead atoms. The lowest BCUT2D eigenvalue weighted by atomic mass is 10.0. The fourth-order valence-corrected chi connectivity index (χ4v) is 3.75. The molecule has 1 aliphatic heterocycles. The molecule has 118 valence electrons. The Kier molecular flexibility index (Phi) is 5.24. The predicted octanol–water partition coefficient (Wildman–Crippen LogP) is 1.66. The van der Waals surface area contributed by atoms with Gasteiger partial charge >= 0.3 is 0 Å². The van der Waals surface area contributed by atoms with Gasteiger partial charge in [0.25, 0.3) is 0 Å². The molecule has 0 radical (unpaired) electrons. The number of sulfonamides is 1. The highest BCUT2D eigenvalue weighted by molar-refractivity contribution is 7.89. The van der Waals surface area contributed by atoms with E-state index >= 15 is 0 Å². The Labute approximate surface area is 127 Å². The van der Waals surface area contributed by atoms with Crippen molar-refractivity contribution in [2.45, 2.75) is 37.1 Å². The van der Waals surface area contributed by atoms with Crippen LogP contribution in [0.15, 0.2) is 23.1 Å². The Hall–Kier alpha value is -1.11. The molecule has 6 heteroatoms. The summed E-state index contributed by atoms with van der Waals surface area (Å²) in [6.45, 7) is 3.66. The topological polar surface area (TPSA) is 61.4 Å². The Morgan fingerprint density at radius 3 is 2.86 bits per heavy atom. The average molecular weight is 311 g/mol. The summed E-state index contributed by atoms with van der Waals surface area (Å²) in [4.78, 5) is 2.39. The Morgan fingerprint density at radius 2 is 2.14 bits per heavy atom. The minimum Gasteiger partial charge on any atom is -0.385 e. The lowest BCUT2D eigenvalue weighted by molar-refractivity contribution is 0.379. The van der Waals surface area contributed by atoms with Crippen molar-refractivity contribution in [2.75, 3.05) is 32.5 Å². The Balaban J connectivity index is 2.08. The molecule has 0 amide bonds. The van der Waals surface area contributed by atoms with E-state index in [1.54, 1.807) is 12.1 Å². The van der Waals surface area contributed by atoms with Crippen molar-refractivity contribution in [3.05, 3.63) is 23.8 Å². The maximum Gasteiger partial charge on any atom is 0.240 e. The van der Waals surface area contributed by atoms with Gasteiger partial charge in [-0.1, -0.05) is 6.07 Å². The van der Waals surface area contributed by atoms with Crippen molar-refractivity contribution in [1.82, 2.24) is 9.62 Å². The summed E-state index contributed by atoms with van der Waals surface area (Å²) >= 11 is 0. The van der Waals surface area contributed by atoms with Crippen LogP contribution in [0.4, 0.5) is 5.69 Å². The quantitative estimate of drug-likeness (QED) is 0.839. The molecule has 0 spiro atoms. The van der Waals surface area contributed by atoms with Crippen LogP contribution in [0.1, 0.15) is 25.3 Å². The van der Waals surface area contributed by atoms with Crippen molar-refractivity contribution >= 4 is 15.7 Å². The van der Waals surface area contributed by atoms with Gasteiger partial charge in [-0.15, -0.1) is 0 Å². The van der Waals surface area contributed by atoms with Gasteiger partial charge < -0.3 is 10.2 Å². The van der Waals surface area contributed by atoms with Crippen LogP contribution in [0.25, 0.3) is 0 Å². The molecule has 2 N–H and O–H groups in total. The van der Waals surface area contributed by atoms with Gasteiger partial charge in [0.15, 0.2) is 0 Å². The summed E-state index contributed by atoms with van der Waals surface area (Å²) in [5, 5.41) is 3.27. The fourth-order valence-electron chi connectivity index (χ4n) is 2.45. The van der Waals surface area contributed by atoms with Gasteiger partial charge in [-0.3, -0.25) is 0 Å². The molecule has 1 aliphatic rings. The van der Waals surface area contributed by atoms with E-state index in [9.17, 15) is 8.42 Å². The molecular formula is C15H25N3O2S. The molecule has 0 aliphatic carbocycles. The summed E-state index contributed by atoms with van der Waals surface area (Å²) in [5.41, 5.74) is 2.14. The number of nitrogens with one attached hydrogen (secondary N) is 2. The molecule has 1 unspecified atom stereocenters. The third-order valence-electron chi connectivity index (χ3n) is 3.70. The third-order valence-corrected chi connectivity index (χ3v) is 5.28. The highest BCUT2D eigenvalue weighted by Gasteiger charge is 2.19. The van der Waals surface area contributed by atoms with Crippen LogP contribution in [-0.4, -0.2) is 46.5 Å². The van der Waals surface area contributed by atoms with Crippen LogP contribution in [0, 0.1) is 0 Å². The van der Waals surface area contributed by atoms with E-state index in [4.69, 9.17) is 0 Å². The number of hydrogen-bond donors (Lipinski definition) is 2. The second-order valence-corrected chi connectivity index (χ2v) is 7.68. The number of hydrogen-bond acceptors (Lipinski definition) is 4. The molecule has 0 fully saturated rings. The van der Waals surface area contributed by atoms with E-state index < -0.39 is 10.0 Å². The van der Waals surface area contributed by atoms with Crippen LogP contribution >= 0.6 is 0 Å². The van der Waals surface area contributed by atoms with Gasteiger partial charge in [0.05, 0.1) is 4.90 Å². The monoisotopic (exact) mass is 311 g/mol. The molecule has 1 atom stereocenters. The first-order valence-corrected chi connectivity index (χ1v) is 8.90. The molecule has 1 aromatic rings. The minimum atomic E-state index is -3.45. The molecule has 0 saturated carbocycles. The van der Waals surface area contributed by atoms with Gasteiger partial charge in [-0.25, -0.2) is 13.1 Å². The van der Waals surface area contributed by atoms with Gasteiger partial charge in [0, 0.05) is 18.3 Å². The van der Waals surface area contributed by atoms with Crippen molar-refractivity contribution in [1.29, 1.82) is 0 Å². The molecular weight excluding hydrogens is 286 g/mol. The minimum absolute atomic E-state index is 0.0820. The van der Waals surface area contributed by atoms with Crippen LogP contribution < -0.4 is 10.0 Å². The maximum absolute atomic E-state index is 12.4. The van der Waals surface area contributed by atoms with E-state index in [1.807, 2.05) is 32.0 Å². The molecule has 21 heavy (non-hydrogen) atoms. The highest BCUT2D eigenvalue weighted by Crippen LogP contribution is 2.25. The first-order valence-electron chi connectivity index (χ1n) is 7.42. The first-order chi connectivity index (χ1) is 9.88. The number of nitrogens with zero attached hydrogens (tertiary/aromatic N) is 1. The van der Waals surface area contributed by atoms with E-state index in [2.05, 4.69) is 10.0 Å². The molecule has 2 rings (SSSR count). The number of benzene rings is 1. The normalized spacial score (nSPS) is 16.4. The smallest absolute Gasteiger partial charge is 0.240 e. The highest BCUT2D eigenvalue weighted by atomic mass is 32.2. The van der Waals surface area contributed by atoms with E-state index in [1.165, 1.54) is 5.56 Å². The number of aryl methyl sites for hydroxylation is 1. The molecule has 1 aromatic carbocycles. The number of fused-ring (bicyclic) bond motifs is 1. The lowest BCUT2D eigenvalue weighted by Crippen LogP contribution is -2.34. The Bertz CT molecular complexity index is 585. The van der Waals surface area contributed by atoms with Gasteiger partial charge in [-0.05, 0) is 64.5 Å². The zero-order valence-corrected chi connectivity index (χ0v) is 13.8. The lowest BCUT2D eigenvalue weighted by Gasteiger charge is -2.20. The second-order valence-electron chi connectivity index (χ2n) is 5.96. The van der Waals surface area contributed by atoms with Crippen LogP contribution in [0.2, 0.25) is 0 Å². The first kappa shape index (κ1) is 16.3. The summed E-state index contributed by atoms with van der Waals surface area (Å²) in [6.07, 6.45) is 2.89. The summed E-state index contributed by atoms with van der Waals surface area (Å²) in [7, 11) is 0.516. The number of anilines is 1. The number of rotatable bonds is 6. The Morgan fingerprint density at radius 1 is 1.38 bits per heavy atom. The van der Waals surface area contributed by atoms with Crippen molar-refractivity contribution < 1.29 is 8.42 Å². The van der Waals surface area contributed by atoms with Gasteiger partial charge in [0.1, 0.15) is 0 Å². The van der Waals surface area contributed by atoms with Crippen molar-refractivity contribution in [3.8, 4) is 0 Å². The van der Waals surface area contributed by atoms with E-state index in [0.717, 1.165) is 38.0 Å². The van der Waals surface area contributed by atoms with E-state index in [0.29, 0.717) is 4.90 Å². The van der Waals surface area contributed by atoms with E-state index in [-0.39, 0.29) is 6.04 Å². The van der Waals surface area contributed by atoms with Gasteiger partial charge in [0.2, 0.25) is 10.0 Å². The van der Waals surface area contributed by atoms with Crippen molar-refractivity contribution in [3.63, 3.8) is 0 Å². The van der Waals surface area contributed by atoms with Crippen LogP contribution in [0.3, 0.4) is 0 Å². The summed E-state index contributed by atoms with van der Waals surface area (Å²) < 4.78 is 27.6. The predicted molar refractivity (Wildman–Crippen MR) is 86.2 cm³/mol. The zero-order valence-electron chi connectivity index (χ0n) is 13.0. The SMILES string of the molecule is CC(CCN(C)C)NS(=O)(=O)c1ccc2c(c1)NCCC2. The maximum atomic E-state index is 12.4. The molecule has 0 saturated heterocycles. The summed E-state index contributed by atoms with van der Waals surface area (Å²) in [6, 6.07) is 5.28. The zero-order chi connectivity index (χ0) is 15.5. The van der Waals surface area contributed by atoms with Gasteiger partial charge in [-0.2, -0.15) is 0 Å². The average Bonchev–Trinajstić information content (AvgIpc) is 2.44. The second kappa shape index (κ2) is 6.77. The molecule has 1 heterocycles. The van der Waals surface area contributed by atoms with Crippen LogP contribution in [0.5, 0.6) is 0 Å².